The molecule has 0 aliphatic heterocycles. The smallest absolute Gasteiger partial charge is 0.153 e. The summed E-state index contributed by atoms with van der Waals surface area (Å²) in [6.07, 6.45) is 0.554. The molecule has 0 spiro atoms. The van der Waals surface area contributed by atoms with E-state index in [1.807, 2.05) is 30.3 Å². The zero-order valence-corrected chi connectivity index (χ0v) is 14.5. The molecule has 0 atom stereocenters. The van der Waals surface area contributed by atoms with Crippen LogP contribution in [0.25, 0.3) is 11.1 Å². The molecule has 0 saturated heterocycles. The predicted molar refractivity (Wildman–Crippen MR) is 99.5 cm³/mol. The summed E-state index contributed by atoms with van der Waals surface area (Å²) in [6.45, 7) is 2.36. The molecule has 3 aromatic carbocycles. The van der Waals surface area contributed by atoms with Crippen molar-refractivity contribution in [1.29, 1.82) is 0 Å². The topological polar surface area (TPSA) is 46.5 Å². The van der Waals surface area contributed by atoms with E-state index in [0.717, 1.165) is 22.3 Å². The number of hydrogen-bond acceptors (Lipinski definition) is 3. The number of aldehydes is 1. The summed E-state index contributed by atoms with van der Waals surface area (Å²) in [5, 5.41) is 10.1. The van der Waals surface area contributed by atoms with Crippen LogP contribution in [0.3, 0.4) is 0 Å². The van der Waals surface area contributed by atoms with Gasteiger partial charge in [0.25, 0.3) is 0 Å². The highest BCUT2D eigenvalue weighted by Crippen LogP contribution is 2.32. The maximum Gasteiger partial charge on any atom is 0.153 e. The Morgan fingerprint density at radius 1 is 1.08 bits per heavy atom. The zero-order valence-electron chi connectivity index (χ0n) is 13.7. The molecule has 3 nitrogen and oxygen atoms in total. The molecule has 25 heavy (non-hydrogen) atoms. The van der Waals surface area contributed by atoms with Gasteiger partial charge in [-0.05, 0) is 35.2 Å². The molecule has 0 aliphatic rings. The molecule has 0 saturated carbocycles. The van der Waals surface area contributed by atoms with Gasteiger partial charge in [0.2, 0.25) is 0 Å². The highest BCUT2D eigenvalue weighted by atomic mass is 35.5. The third kappa shape index (κ3) is 3.67. The lowest BCUT2D eigenvalue weighted by Gasteiger charge is -2.14. The second-order valence-corrected chi connectivity index (χ2v) is 6.11. The fourth-order valence-electron chi connectivity index (χ4n) is 2.69. The molecule has 126 valence electrons. The second-order valence-electron chi connectivity index (χ2n) is 5.70. The lowest BCUT2D eigenvalue weighted by Crippen LogP contribution is -2.00. The van der Waals surface area contributed by atoms with E-state index < -0.39 is 0 Å². The Morgan fingerprint density at radius 3 is 2.56 bits per heavy atom. The average Bonchev–Trinajstić information content (AvgIpc) is 2.63. The Hall–Kier alpha value is -2.78. The van der Waals surface area contributed by atoms with E-state index in [4.69, 9.17) is 16.3 Å². The molecule has 0 heterocycles. The number of hydrogen-bond donors (Lipinski definition) is 1. The first-order valence-electron chi connectivity index (χ1n) is 7.84. The van der Waals surface area contributed by atoms with Gasteiger partial charge in [-0.25, -0.2) is 0 Å². The molecule has 3 aromatic rings. The van der Waals surface area contributed by atoms with Crippen molar-refractivity contribution in [3.63, 3.8) is 0 Å². The van der Waals surface area contributed by atoms with Crippen molar-refractivity contribution in [2.24, 2.45) is 0 Å². The quantitative estimate of drug-likeness (QED) is 0.624. The number of halogens is 1. The van der Waals surface area contributed by atoms with Crippen LogP contribution in [0.4, 0.5) is 0 Å². The number of phenols is 1. The van der Waals surface area contributed by atoms with E-state index in [1.54, 1.807) is 0 Å². The van der Waals surface area contributed by atoms with Crippen molar-refractivity contribution in [2.45, 2.75) is 13.5 Å². The number of phenolic OH excluding ortho intramolecular Hbond substituents is 1. The highest BCUT2D eigenvalue weighted by Gasteiger charge is 2.11. The number of carbonyl (C=O) groups excluding carboxylic acids is 1. The van der Waals surface area contributed by atoms with Gasteiger partial charge in [0.15, 0.2) is 6.29 Å². The van der Waals surface area contributed by atoms with E-state index in [2.05, 4.69) is 25.1 Å². The van der Waals surface area contributed by atoms with Crippen LogP contribution in [0.5, 0.6) is 11.5 Å². The van der Waals surface area contributed by atoms with Crippen molar-refractivity contribution >= 4 is 17.9 Å². The number of aromatic hydroxyl groups is 1. The molecule has 0 aliphatic carbocycles. The Bertz CT molecular complexity index is 905. The van der Waals surface area contributed by atoms with E-state index >= 15 is 0 Å². The Balaban J connectivity index is 1.85. The van der Waals surface area contributed by atoms with E-state index in [-0.39, 0.29) is 16.3 Å². The molecule has 3 rings (SSSR count). The molecule has 0 amide bonds. The van der Waals surface area contributed by atoms with Gasteiger partial charge in [0.05, 0.1) is 10.6 Å². The Kier molecular flexibility index (Phi) is 5.05. The predicted octanol–water partition coefficient (Wildman–Crippen LogP) is 5.41. The maximum absolute atomic E-state index is 10.8. The third-order valence-electron chi connectivity index (χ3n) is 4.12. The summed E-state index contributed by atoms with van der Waals surface area (Å²) >= 11 is 6.12. The van der Waals surface area contributed by atoms with Crippen molar-refractivity contribution in [3.8, 4) is 22.6 Å². The minimum absolute atomic E-state index is 0.139. The lowest BCUT2D eigenvalue weighted by molar-refractivity contribution is 0.112. The summed E-state index contributed by atoms with van der Waals surface area (Å²) in [4.78, 5) is 10.8. The summed E-state index contributed by atoms with van der Waals surface area (Å²) in [5.41, 5.74) is 4.58. The number of carbonyl (C=O) groups is 1. The fraction of sp³-hybridized carbons (Fsp3) is 0.0952. The summed E-state index contributed by atoms with van der Waals surface area (Å²) < 4.78 is 5.77. The maximum atomic E-state index is 10.8. The van der Waals surface area contributed by atoms with Crippen molar-refractivity contribution < 1.29 is 14.6 Å². The molecule has 0 aromatic heterocycles. The minimum Gasteiger partial charge on any atom is -0.507 e. The van der Waals surface area contributed by atoms with Crippen molar-refractivity contribution in [2.75, 3.05) is 0 Å². The van der Waals surface area contributed by atoms with Gasteiger partial charge in [-0.15, -0.1) is 0 Å². The Labute approximate surface area is 151 Å². The van der Waals surface area contributed by atoms with Gasteiger partial charge in [0.1, 0.15) is 18.1 Å². The number of rotatable bonds is 5. The van der Waals surface area contributed by atoms with Gasteiger partial charge in [-0.3, -0.25) is 4.79 Å². The van der Waals surface area contributed by atoms with Crippen LogP contribution in [-0.2, 0) is 6.61 Å². The summed E-state index contributed by atoms with van der Waals surface area (Å²) in [6, 6.07) is 19.0. The van der Waals surface area contributed by atoms with E-state index in [1.165, 1.54) is 12.1 Å². The monoisotopic (exact) mass is 352 g/mol. The summed E-state index contributed by atoms with van der Waals surface area (Å²) in [7, 11) is 0. The molecule has 0 fully saturated rings. The molecule has 4 heteroatoms. The largest absolute Gasteiger partial charge is 0.507 e. The molecule has 0 bridgehead atoms. The SMILES string of the molecule is Cc1c(COc2cc(O)c(C=O)cc2Cl)cccc1-c1ccccc1. The van der Waals surface area contributed by atoms with Crippen LogP contribution in [0.1, 0.15) is 21.5 Å². The fourth-order valence-corrected chi connectivity index (χ4v) is 2.92. The van der Waals surface area contributed by atoms with Crippen LogP contribution in [-0.4, -0.2) is 11.4 Å². The lowest BCUT2D eigenvalue weighted by atomic mass is 9.97. The first-order chi connectivity index (χ1) is 12.1. The average molecular weight is 353 g/mol. The van der Waals surface area contributed by atoms with E-state index in [0.29, 0.717) is 18.6 Å². The van der Waals surface area contributed by atoms with Gasteiger partial charge in [-0.2, -0.15) is 0 Å². The standard InChI is InChI=1S/C21H17ClO3/c1-14-16(8-5-9-18(14)15-6-3-2-4-7-15)13-25-21-11-20(24)17(12-23)10-19(21)22/h2-12,24H,13H2,1H3. The van der Waals surface area contributed by atoms with Crippen LogP contribution >= 0.6 is 11.6 Å². The first-order valence-corrected chi connectivity index (χ1v) is 8.22. The van der Waals surface area contributed by atoms with Gasteiger partial charge < -0.3 is 9.84 Å². The molecule has 0 radical (unpaired) electrons. The third-order valence-corrected chi connectivity index (χ3v) is 4.42. The number of benzene rings is 3. The zero-order chi connectivity index (χ0) is 17.8. The minimum atomic E-state index is -0.149. The van der Waals surface area contributed by atoms with Crippen LogP contribution in [0.15, 0.2) is 60.7 Å². The molecular formula is C21H17ClO3. The summed E-state index contributed by atoms with van der Waals surface area (Å²) in [5.74, 6) is 0.193. The van der Waals surface area contributed by atoms with Crippen molar-refractivity contribution in [1.82, 2.24) is 0 Å². The van der Waals surface area contributed by atoms with Crippen LogP contribution in [0.2, 0.25) is 5.02 Å². The Morgan fingerprint density at radius 2 is 1.84 bits per heavy atom. The highest BCUT2D eigenvalue weighted by molar-refractivity contribution is 6.32. The second kappa shape index (κ2) is 7.41. The van der Waals surface area contributed by atoms with Gasteiger partial charge in [-0.1, -0.05) is 60.1 Å². The van der Waals surface area contributed by atoms with Gasteiger partial charge in [0, 0.05) is 6.07 Å². The first kappa shape index (κ1) is 17.1. The van der Waals surface area contributed by atoms with Crippen LogP contribution in [0, 0.1) is 6.92 Å². The number of ether oxygens (including phenoxy) is 1. The van der Waals surface area contributed by atoms with Gasteiger partial charge >= 0.3 is 0 Å². The van der Waals surface area contributed by atoms with Crippen molar-refractivity contribution in [3.05, 3.63) is 82.4 Å². The molecule has 0 unspecified atom stereocenters. The molecular weight excluding hydrogens is 336 g/mol. The molecule has 1 N–H and O–H groups in total. The normalized spacial score (nSPS) is 10.5. The van der Waals surface area contributed by atoms with Crippen LogP contribution < -0.4 is 4.74 Å². The van der Waals surface area contributed by atoms with E-state index in [9.17, 15) is 9.90 Å².